The predicted molar refractivity (Wildman–Crippen MR) is 98.4 cm³/mol. The van der Waals surface area contributed by atoms with Crippen molar-refractivity contribution in [2.24, 2.45) is 5.73 Å². The molecule has 1 unspecified atom stereocenters. The molecule has 24 heavy (non-hydrogen) atoms. The molecular formula is C20H27N3O. The van der Waals surface area contributed by atoms with Crippen LogP contribution in [0.25, 0.3) is 0 Å². The van der Waals surface area contributed by atoms with Crippen molar-refractivity contribution >= 4 is 0 Å². The number of ether oxygens (including phenoxy) is 1. The van der Waals surface area contributed by atoms with Crippen molar-refractivity contribution in [2.75, 3.05) is 39.3 Å². The fourth-order valence-electron chi connectivity index (χ4n) is 3.30. The van der Waals surface area contributed by atoms with E-state index in [1.165, 1.54) is 5.56 Å². The van der Waals surface area contributed by atoms with E-state index < -0.39 is 0 Å². The summed E-state index contributed by atoms with van der Waals surface area (Å²) >= 11 is 0. The molecule has 2 N–H and O–H groups in total. The van der Waals surface area contributed by atoms with Gasteiger partial charge in [-0.3, -0.25) is 4.90 Å². The molecule has 4 nitrogen and oxygen atoms in total. The summed E-state index contributed by atoms with van der Waals surface area (Å²) in [5.74, 6) is 1.72. The Balaban J connectivity index is 1.71. The van der Waals surface area contributed by atoms with Gasteiger partial charge in [0.1, 0.15) is 11.5 Å². The molecule has 1 heterocycles. The van der Waals surface area contributed by atoms with Crippen molar-refractivity contribution < 1.29 is 4.74 Å². The zero-order valence-electron chi connectivity index (χ0n) is 14.4. The van der Waals surface area contributed by atoms with Gasteiger partial charge in [-0.05, 0) is 36.4 Å². The fraction of sp³-hybridized carbons (Fsp3) is 0.400. The number of benzene rings is 2. The van der Waals surface area contributed by atoms with E-state index in [4.69, 9.17) is 10.5 Å². The third-order valence-corrected chi connectivity index (χ3v) is 4.74. The van der Waals surface area contributed by atoms with Crippen LogP contribution in [0.2, 0.25) is 0 Å². The van der Waals surface area contributed by atoms with E-state index >= 15 is 0 Å². The van der Waals surface area contributed by atoms with Crippen LogP contribution in [-0.2, 0) is 0 Å². The number of rotatable bonds is 6. The van der Waals surface area contributed by atoms with Crippen LogP contribution < -0.4 is 10.5 Å². The monoisotopic (exact) mass is 325 g/mol. The van der Waals surface area contributed by atoms with Crippen molar-refractivity contribution in [1.29, 1.82) is 0 Å². The van der Waals surface area contributed by atoms with Gasteiger partial charge in [-0.1, -0.05) is 37.3 Å². The Morgan fingerprint density at radius 1 is 0.958 bits per heavy atom. The molecule has 1 aliphatic heterocycles. The summed E-state index contributed by atoms with van der Waals surface area (Å²) in [5, 5.41) is 0. The van der Waals surface area contributed by atoms with Crippen molar-refractivity contribution in [1.82, 2.24) is 9.80 Å². The minimum atomic E-state index is 0.253. The molecule has 0 aliphatic carbocycles. The molecular weight excluding hydrogens is 298 g/mol. The number of piperazine rings is 1. The second-order valence-electron chi connectivity index (χ2n) is 6.21. The Bertz CT molecular complexity index is 624. The molecule has 1 atom stereocenters. The number of nitrogens with zero attached hydrogens (tertiary/aromatic N) is 2. The minimum Gasteiger partial charge on any atom is -0.457 e. The standard InChI is InChI=1S/C20H27N3O/c1-2-22-11-13-23(14-12-22)20(16-21)17-7-6-10-19(15-17)24-18-8-4-3-5-9-18/h3-10,15,20H,2,11-14,16,21H2,1H3. The van der Waals surface area contributed by atoms with Crippen LogP contribution in [0.15, 0.2) is 54.6 Å². The van der Waals surface area contributed by atoms with Crippen LogP contribution in [0.3, 0.4) is 0 Å². The molecule has 1 aliphatic rings. The van der Waals surface area contributed by atoms with E-state index in [-0.39, 0.29) is 6.04 Å². The second-order valence-corrected chi connectivity index (χ2v) is 6.21. The highest BCUT2D eigenvalue weighted by Gasteiger charge is 2.23. The van der Waals surface area contributed by atoms with Crippen LogP contribution in [0, 0.1) is 0 Å². The molecule has 2 aromatic carbocycles. The van der Waals surface area contributed by atoms with Crippen LogP contribution in [0.5, 0.6) is 11.5 Å². The van der Waals surface area contributed by atoms with E-state index in [1.54, 1.807) is 0 Å². The zero-order valence-corrected chi connectivity index (χ0v) is 14.4. The van der Waals surface area contributed by atoms with Gasteiger partial charge in [-0.15, -0.1) is 0 Å². The maximum absolute atomic E-state index is 6.11. The Kier molecular flexibility index (Phi) is 5.86. The number of hydrogen-bond donors (Lipinski definition) is 1. The molecule has 0 bridgehead atoms. The molecule has 4 heteroatoms. The molecule has 1 fully saturated rings. The van der Waals surface area contributed by atoms with Crippen LogP contribution >= 0.6 is 0 Å². The lowest BCUT2D eigenvalue weighted by Gasteiger charge is -2.38. The summed E-state index contributed by atoms with van der Waals surface area (Å²) < 4.78 is 5.97. The van der Waals surface area contributed by atoms with Gasteiger partial charge in [0.15, 0.2) is 0 Å². The molecule has 1 saturated heterocycles. The first-order valence-electron chi connectivity index (χ1n) is 8.79. The Hall–Kier alpha value is -1.88. The van der Waals surface area contributed by atoms with E-state index in [0.717, 1.165) is 44.2 Å². The third-order valence-electron chi connectivity index (χ3n) is 4.74. The lowest BCUT2D eigenvalue weighted by molar-refractivity contribution is 0.102. The maximum Gasteiger partial charge on any atom is 0.127 e. The summed E-state index contributed by atoms with van der Waals surface area (Å²) in [6, 6.07) is 18.5. The number of hydrogen-bond acceptors (Lipinski definition) is 4. The Labute approximate surface area is 144 Å². The summed E-state index contributed by atoms with van der Waals surface area (Å²) in [5.41, 5.74) is 7.34. The van der Waals surface area contributed by atoms with Gasteiger partial charge in [0.05, 0.1) is 0 Å². The quantitative estimate of drug-likeness (QED) is 0.886. The number of likely N-dealkylation sites (N-methyl/N-ethyl adjacent to an activating group) is 1. The average molecular weight is 325 g/mol. The summed E-state index contributed by atoms with van der Waals surface area (Å²) in [7, 11) is 0. The van der Waals surface area contributed by atoms with Crippen LogP contribution in [0.4, 0.5) is 0 Å². The molecule has 0 spiro atoms. The average Bonchev–Trinajstić information content (AvgIpc) is 2.64. The normalized spacial score (nSPS) is 17.6. The first-order chi connectivity index (χ1) is 11.8. The van der Waals surface area contributed by atoms with Gasteiger partial charge in [-0.2, -0.15) is 0 Å². The number of nitrogens with two attached hydrogens (primary N) is 1. The van der Waals surface area contributed by atoms with Crippen molar-refractivity contribution in [3.63, 3.8) is 0 Å². The van der Waals surface area contributed by atoms with Gasteiger partial charge in [0.2, 0.25) is 0 Å². The fourth-order valence-corrected chi connectivity index (χ4v) is 3.30. The van der Waals surface area contributed by atoms with E-state index in [1.807, 2.05) is 36.4 Å². The van der Waals surface area contributed by atoms with Gasteiger partial charge in [0.25, 0.3) is 0 Å². The summed E-state index contributed by atoms with van der Waals surface area (Å²) in [6.45, 7) is 8.35. The smallest absolute Gasteiger partial charge is 0.127 e. The molecule has 0 amide bonds. The van der Waals surface area contributed by atoms with Crippen molar-refractivity contribution in [3.05, 3.63) is 60.2 Å². The molecule has 0 radical (unpaired) electrons. The predicted octanol–water partition coefficient (Wildman–Crippen LogP) is 3.12. The lowest BCUT2D eigenvalue weighted by atomic mass is 10.0. The van der Waals surface area contributed by atoms with Gasteiger partial charge < -0.3 is 15.4 Å². The number of para-hydroxylation sites is 1. The molecule has 0 saturated carbocycles. The molecule has 128 valence electrons. The minimum absolute atomic E-state index is 0.253. The maximum atomic E-state index is 6.11. The van der Waals surface area contributed by atoms with Gasteiger partial charge in [0, 0.05) is 38.8 Å². The van der Waals surface area contributed by atoms with Crippen LogP contribution in [0.1, 0.15) is 18.5 Å². The highest BCUT2D eigenvalue weighted by atomic mass is 16.5. The van der Waals surface area contributed by atoms with E-state index in [0.29, 0.717) is 6.54 Å². The molecule has 2 aromatic rings. The Morgan fingerprint density at radius 3 is 2.33 bits per heavy atom. The van der Waals surface area contributed by atoms with E-state index in [9.17, 15) is 0 Å². The SMILES string of the molecule is CCN1CCN(C(CN)c2cccc(Oc3ccccc3)c2)CC1. The summed E-state index contributed by atoms with van der Waals surface area (Å²) in [6.07, 6.45) is 0. The van der Waals surface area contributed by atoms with Crippen molar-refractivity contribution in [2.45, 2.75) is 13.0 Å². The molecule has 0 aromatic heterocycles. The first-order valence-corrected chi connectivity index (χ1v) is 8.79. The van der Waals surface area contributed by atoms with Crippen LogP contribution in [-0.4, -0.2) is 49.1 Å². The second kappa shape index (κ2) is 8.29. The highest BCUT2D eigenvalue weighted by molar-refractivity contribution is 5.35. The summed E-state index contributed by atoms with van der Waals surface area (Å²) in [4.78, 5) is 4.98. The largest absolute Gasteiger partial charge is 0.457 e. The first kappa shape index (κ1) is 17.0. The topological polar surface area (TPSA) is 41.7 Å². The zero-order chi connectivity index (χ0) is 16.8. The van der Waals surface area contributed by atoms with Gasteiger partial charge in [-0.25, -0.2) is 0 Å². The van der Waals surface area contributed by atoms with Crippen molar-refractivity contribution in [3.8, 4) is 11.5 Å². The highest BCUT2D eigenvalue weighted by Crippen LogP contribution is 2.27. The lowest BCUT2D eigenvalue weighted by Crippen LogP contribution is -2.48. The molecule has 3 rings (SSSR count). The third kappa shape index (κ3) is 4.15. The Morgan fingerprint density at radius 2 is 1.67 bits per heavy atom. The van der Waals surface area contributed by atoms with E-state index in [2.05, 4.69) is 34.9 Å². The van der Waals surface area contributed by atoms with Gasteiger partial charge >= 0.3 is 0 Å².